The van der Waals surface area contributed by atoms with E-state index in [4.69, 9.17) is 10.2 Å². The summed E-state index contributed by atoms with van der Waals surface area (Å²) in [4.78, 5) is 22.1. The molecule has 0 atom stereocenters. The Labute approximate surface area is 124 Å². The molecule has 0 radical (unpaired) electrons. The van der Waals surface area contributed by atoms with Gasteiger partial charge in [-0.1, -0.05) is 26.8 Å². The number of hydrogen-bond donors (Lipinski definition) is 3. The summed E-state index contributed by atoms with van der Waals surface area (Å²) in [6.07, 6.45) is -0.0965. The summed E-state index contributed by atoms with van der Waals surface area (Å²) in [6.45, 7) is 9.32. The minimum absolute atomic E-state index is 0.0965. The average molecular weight is 294 g/mol. The van der Waals surface area contributed by atoms with Crippen molar-refractivity contribution in [1.29, 1.82) is 0 Å². The molecule has 1 aromatic carbocycles. The second-order valence-electron chi connectivity index (χ2n) is 6.37. The van der Waals surface area contributed by atoms with Crippen LogP contribution in [0.5, 0.6) is 5.75 Å². The molecular formula is C16H22O5. The minimum Gasteiger partial charge on any atom is -0.507 e. The van der Waals surface area contributed by atoms with Gasteiger partial charge in [-0.15, -0.1) is 0 Å². The zero-order valence-electron chi connectivity index (χ0n) is 13.0. The molecule has 0 bridgehead atoms. The first-order chi connectivity index (χ1) is 9.46. The van der Waals surface area contributed by atoms with Gasteiger partial charge in [0.1, 0.15) is 5.75 Å². The highest BCUT2D eigenvalue weighted by molar-refractivity contribution is 5.93. The molecule has 1 rings (SSSR count). The van der Waals surface area contributed by atoms with Crippen LogP contribution in [0.2, 0.25) is 0 Å². The van der Waals surface area contributed by atoms with E-state index in [1.165, 1.54) is 0 Å². The van der Waals surface area contributed by atoms with Gasteiger partial charge in [-0.25, -0.2) is 0 Å². The number of benzene rings is 1. The molecule has 0 aliphatic heterocycles. The van der Waals surface area contributed by atoms with Crippen LogP contribution in [0.25, 0.3) is 0 Å². The van der Waals surface area contributed by atoms with Crippen LogP contribution in [0.1, 0.15) is 43.0 Å². The zero-order chi connectivity index (χ0) is 16.5. The predicted molar refractivity (Wildman–Crippen MR) is 78.7 cm³/mol. The second kappa shape index (κ2) is 5.76. The summed E-state index contributed by atoms with van der Waals surface area (Å²) < 4.78 is 0. The lowest BCUT2D eigenvalue weighted by Gasteiger charge is -2.24. The van der Waals surface area contributed by atoms with Crippen LogP contribution in [0.3, 0.4) is 0 Å². The first-order valence-electron chi connectivity index (χ1n) is 6.75. The van der Waals surface area contributed by atoms with E-state index in [2.05, 4.69) is 0 Å². The van der Waals surface area contributed by atoms with Crippen molar-refractivity contribution in [2.24, 2.45) is 5.92 Å². The molecule has 0 aliphatic carbocycles. The molecule has 0 saturated carbocycles. The monoisotopic (exact) mass is 294 g/mol. The fourth-order valence-electron chi connectivity index (χ4n) is 2.26. The number of carboxylic acid groups (broad SMARTS) is 2. The van der Waals surface area contributed by atoms with Gasteiger partial charge in [-0.05, 0) is 47.9 Å². The smallest absolute Gasteiger partial charge is 0.318 e. The Morgan fingerprint density at radius 3 is 1.95 bits per heavy atom. The highest BCUT2D eigenvalue weighted by atomic mass is 16.4. The maximum atomic E-state index is 11.1. The van der Waals surface area contributed by atoms with Crippen molar-refractivity contribution in [3.8, 4) is 5.75 Å². The Kier molecular flexibility index (Phi) is 4.66. The van der Waals surface area contributed by atoms with Crippen LogP contribution in [-0.2, 0) is 21.4 Å². The zero-order valence-corrected chi connectivity index (χ0v) is 13.0. The SMILES string of the molecule is Cc1c(CC(C(=O)O)C(=O)O)cc(C(C)(C)C)c(O)c1C. The third kappa shape index (κ3) is 3.54. The van der Waals surface area contributed by atoms with E-state index in [1.54, 1.807) is 19.9 Å². The van der Waals surface area contributed by atoms with Crippen LogP contribution in [0.15, 0.2) is 6.07 Å². The Balaban J connectivity index is 3.40. The Hall–Kier alpha value is -2.04. The van der Waals surface area contributed by atoms with Gasteiger partial charge in [0.15, 0.2) is 5.92 Å². The highest BCUT2D eigenvalue weighted by Gasteiger charge is 2.29. The van der Waals surface area contributed by atoms with Crippen molar-refractivity contribution < 1.29 is 24.9 Å². The van der Waals surface area contributed by atoms with E-state index in [0.717, 1.165) is 5.56 Å². The minimum atomic E-state index is -1.49. The molecule has 0 aromatic heterocycles. The lowest BCUT2D eigenvalue weighted by Crippen LogP contribution is -2.26. The molecule has 0 heterocycles. The predicted octanol–water partition coefficient (Wildman–Crippen LogP) is 2.63. The normalized spacial score (nSPS) is 11.7. The van der Waals surface area contributed by atoms with Crippen molar-refractivity contribution in [3.63, 3.8) is 0 Å². The van der Waals surface area contributed by atoms with Crippen molar-refractivity contribution >= 4 is 11.9 Å². The maximum absolute atomic E-state index is 11.1. The first kappa shape index (κ1) is 17.0. The van der Waals surface area contributed by atoms with E-state index >= 15 is 0 Å². The summed E-state index contributed by atoms with van der Waals surface area (Å²) in [5.41, 5.74) is 2.40. The summed E-state index contributed by atoms with van der Waals surface area (Å²) in [6, 6.07) is 1.72. The lowest BCUT2D eigenvalue weighted by molar-refractivity contribution is -0.154. The summed E-state index contributed by atoms with van der Waals surface area (Å²) in [7, 11) is 0. The topological polar surface area (TPSA) is 94.8 Å². The summed E-state index contributed by atoms with van der Waals surface area (Å²) in [5.74, 6) is -4.01. The molecule has 0 spiro atoms. The van der Waals surface area contributed by atoms with Crippen molar-refractivity contribution in [2.75, 3.05) is 0 Å². The van der Waals surface area contributed by atoms with Gasteiger partial charge in [0.25, 0.3) is 0 Å². The van der Waals surface area contributed by atoms with Crippen molar-refractivity contribution in [2.45, 2.75) is 46.5 Å². The Morgan fingerprint density at radius 1 is 1.10 bits per heavy atom. The van der Waals surface area contributed by atoms with Crippen molar-refractivity contribution in [1.82, 2.24) is 0 Å². The van der Waals surface area contributed by atoms with Crippen LogP contribution >= 0.6 is 0 Å². The van der Waals surface area contributed by atoms with Crippen LogP contribution < -0.4 is 0 Å². The number of carboxylic acids is 2. The van der Waals surface area contributed by atoms with Gasteiger partial charge in [0, 0.05) is 0 Å². The maximum Gasteiger partial charge on any atom is 0.318 e. The van der Waals surface area contributed by atoms with Gasteiger partial charge >= 0.3 is 11.9 Å². The summed E-state index contributed by atoms with van der Waals surface area (Å²) >= 11 is 0. The number of rotatable bonds is 4. The number of aromatic hydroxyl groups is 1. The summed E-state index contributed by atoms with van der Waals surface area (Å²) in [5, 5.41) is 28.3. The van der Waals surface area contributed by atoms with Crippen LogP contribution in [0.4, 0.5) is 0 Å². The fraction of sp³-hybridized carbons (Fsp3) is 0.500. The Bertz CT molecular complexity index is 567. The first-order valence-corrected chi connectivity index (χ1v) is 6.75. The van der Waals surface area contributed by atoms with E-state index in [1.807, 2.05) is 20.8 Å². The number of aliphatic carboxylic acids is 2. The van der Waals surface area contributed by atoms with Gasteiger partial charge in [0.05, 0.1) is 0 Å². The number of hydrogen-bond acceptors (Lipinski definition) is 3. The number of phenolic OH excluding ortho intramolecular Hbond substituents is 1. The Morgan fingerprint density at radius 2 is 1.57 bits per heavy atom. The van der Waals surface area contributed by atoms with Gasteiger partial charge in [0.2, 0.25) is 0 Å². The molecule has 0 amide bonds. The molecule has 1 aromatic rings. The van der Waals surface area contributed by atoms with Crippen LogP contribution in [-0.4, -0.2) is 27.3 Å². The third-order valence-electron chi connectivity index (χ3n) is 3.80. The van der Waals surface area contributed by atoms with Gasteiger partial charge < -0.3 is 15.3 Å². The molecular weight excluding hydrogens is 272 g/mol. The molecule has 0 saturated heterocycles. The molecule has 116 valence electrons. The standard InChI is InChI=1S/C16H22O5/c1-8-9(2)13(17)12(16(3,4)5)7-10(8)6-11(14(18)19)15(20)21/h7,11,17H,6H2,1-5H3,(H,18,19)(H,20,21). The molecule has 0 fully saturated rings. The van der Waals surface area contributed by atoms with Gasteiger partial charge in [-0.3, -0.25) is 9.59 Å². The number of carbonyl (C=O) groups is 2. The fourth-order valence-corrected chi connectivity index (χ4v) is 2.26. The molecule has 5 heteroatoms. The number of phenols is 1. The van der Waals surface area contributed by atoms with Crippen LogP contribution in [0, 0.1) is 19.8 Å². The van der Waals surface area contributed by atoms with E-state index in [0.29, 0.717) is 16.7 Å². The quantitative estimate of drug-likeness (QED) is 0.742. The molecule has 0 unspecified atom stereocenters. The van der Waals surface area contributed by atoms with Crippen molar-refractivity contribution in [3.05, 3.63) is 28.3 Å². The van der Waals surface area contributed by atoms with E-state index in [-0.39, 0.29) is 17.6 Å². The average Bonchev–Trinajstić information content (AvgIpc) is 2.32. The third-order valence-corrected chi connectivity index (χ3v) is 3.80. The highest BCUT2D eigenvalue weighted by Crippen LogP contribution is 2.36. The molecule has 0 aliphatic rings. The lowest BCUT2D eigenvalue weighted by atomic mass is 9.81. The van der Waals surface area contributed by atoms with E-state index in [9.17, 15) is 14.7 Å². The van der Waals surface area contributed by atoms with Gasteiger partial charge in [-0.2, -0.15) is 0 Å². The van der Waals surface area contributed by atoms with E-state index < -0.39 is 17.9 Å². The molecule has 21 heavy (non-hydrogen) atoms. The second-order valence-corrected chi connectivity index (χ2v) is 6.37. The molecule has 3 N–H and O–H groups in total. The largest absolute Gasteiger partial charge is 0.507 e. The molecule has 5 nitrogen and oxygen atoms in total.